The van der Waals surface area contributed by atoms with Crippen LogP contribution in [0.2, 0.25) is 0 Å². The van der Waals surface area contributed by atoms with Crippen LogP contribution in [0.3, 0.4) is 0 Å². The number of aromatic amines is 1. The zero-order valence-electron chi connectivity index (χ0n) is 15.8. The molecule has 2 unspecified atom stereocenters. The van der Waals surface area contributed by atoms with E-state index >= 15 is 0 Å². The van der Waals surface area contributed by atoms with Gasteiger partial charge in [-0.1, -0.05) is 18.7 Å². The number of piperidine rings is 1. The molecule has 2 bridgehead atoms. The van der Waals surface area contributed by atoms with E-state index in [4.69, 9.17) is 11.5 Å². The number of para-hydroxylation sites is 1. The molecule has 28 heavy (non-hydrogen) atoms. The number of fused-ring (bicyclic) bond motifs is 2. The molecule has 6 nitrogen and oxygen atoms in total. The minimum atomic E-state index is 0.0143. The molecule has 2 aromatic rings. The number of phenolic OH excluding ortho intramolecular Hbond substituents is 1. The molecule has 1 aliphatic heterocycles. The molecule has 3 atom stereocenters. The first kappa shape index (κ1) is 18.2. The van der Waals surface area contributed by atoms with Crippen LogP contribution >= 0.6 is 0 Å². The molecule has 1 aromatic heterocycles. The van der Waals surface area contributed by atoms with E-state index in [2.05, 4.69) is 11.6 Å². The topological polar surface area (TPSA) is 108 Å². The summed E-state index contributed by atoms with van der Waals surface area (Å²) in [6.45, 7) is 5.17. The van der Waals surface area contributed by atoms with Crippen LogP contribution in [0.15, 0.2) is 43.0 Å². The van der Waals surface area contributed by atoms with Gasteiger partial charge in [-0.2, -0.15) is 0 Å². The van der Waals surface area contributed by atoms with Crippen molar-refractivity contribution in [1.82, 2.24) is 9.88 Å². The smallest absolute Gasteiger partial charge is 0.245 e. The van der Waals surface area contributed by atoms with E-state index < -0.39 is 0 Å². The monoisotopic (exact) mass is 378 g/mol. The molecule has 2 aliphatic rings. The van der Waals surface area contributed by atoms with Crippen molar-refractivity contribution in [3.8, 4) is 5.75 Å². The Morgan fingerprint density at radius 2 is 2.07 bits per heavy atom. The number of hydrogen-bond acceptors (Lipinski definition) is 4. The third-order valence-electron chi connectivity index (χ3n) is 6.04. The Kier molecular flexibility index (Phi) is 4.63. The van der Waals surface area contributed by atoms with E-state index in [9.17, 15) is 9.90 Å². The van der Waals surface area contributed by atoms with Gasteiger partial charge in [-0.15, -0.1) is 0 Å². The van der Waals surface area contributed by atoms with Gasteiger partial charge in [0.15, 0.2) is 0 Å². The number of aromatic hydroxyl groups is 1. The summed E-state index contributed by atoms with van der Waals surface area (Å²) < 4.78 is 0. The van der Waals surface area contributed by atoms with E-state index in [1.54, 1.807) is 24.3 Å². The van der Waals surface area contributed by atoms with Gasteiger partial charge in [-0.05, 0) is 55.0 Å². The number of H-pyrrole nitrogens is 1. The second-order valence-corrected chi connectivity index (χ2v) is 7.86. The fourth-order valence-electron chi connectivity index (χ4n) is 4.74. The Labute approximate surface area is 164 Å². The number of carbonyl (C=O) groups excluding carboxylic acids is 1. The molecule has 1 aromatic carbocycles. The number of nitrogen functional groups attached to an aromatic ring is 1. The van der Waals surface area contributed by atoms with Crippen molar-refractivity contribution in [1.29, 1.82) is 0 Å². The Morgan fingerprint density at radius 3 is 2.82 bits per heavy atom. The molecule has 4 rings (SSSR count). The molecule has 1 amide bonds. The lowest BCUT2D eigenvalue weighted by atomic mass is 9.91. The number of phenols is 1. The highest BCUT2D eigenvalue weighted by Gasteiger charge is 2.42. The van der Waals surface area contributed by atoms with E-state index in [0.29, 0.717) is 34.8 Å². The summed E-state index contributed by atoms with van der Waals surface area (Å²) in [7, 11) is 0. The van der Waals surface area contributed by atoms with E-state index in [1.165, 1.54) is 6.08 Å². The predicted octanol–water partition coefficient (Wildman–Crippen LogP) is 2.90. The standard InChI is InChI=1S/C22H26N4O2/c1-2-21(28)26-11-13-7-15(12-26)17(8-13)19-10-14(22(24)25-19)9-18(23)16-5-3-4-6-20(16)27/h2-6,9-10,13,15,17,25,27H,1,7-8,11-12,23-24H2/b18-9-/t13-,15?,17?/m1/s1. The maximum Gasteiger partial charge on any atom is 0.245 e. The van der Waals surface area contributed by atoms with Crippen molar-refractivity contribution in [2.24, 2.45) is 17.6 Å². The van der Waals surface area contributed by atoms with Gasteiger partial charge in [0.2, 0.25) is 5.91 Å². The fraction of sp³-hybridized carbons (Fsp3) is 0.318. The molecular formula is C22H26N4O2. The summed E-state index contributed by atoms with van der Waals surface area (Å²) in [6, 6.07) is 9.02. The number of nitrogens with zero attached hydrogens (tertiary/aromatic N) is 1. The fourth-order valence-corrected chi connectivity index (χ4v) is 4.74. The Morgan fingerprint density at radius 1 is 1.29 bits per heavy atom. The molecular weight excluding hydrogens is 352 g/mol. The van der Waals surface area contributed by atoms with Crippen molar-refractivity contribution < 1.29 is 9.90 Å². The number of carbonyl (C=O) groups is 1. The molecule has 1 saturated heterocycles. The Hall–Kier alpha value is -3.15. The maximum atomic E-state index is 12.0. The Balaban J connectivity index is 1.57. The van der Waals surface area contributed by atoms with Crippen LogP contribution < -0.4 is 11.5 Å². The summed E-state index contributed by atoms with van der Waals surface area (Å²) in [5.41, 5.74) is 15.4. The average molecular weight is 378 g/mol. The minimum absolute atomic E-state index is 0.0143. The van der Waals surface area contributed by atoms with Gasteiger partial charge < -0.3 is 26.5 Å². The summed E-state index contributed by atoms with van der Waals surface area (Å²) in [5.74, 6) is 2.01. The average Bonchev–Trinajstić information content (AvgIpc) is 3.19. The zero-order valence-corrected chi connectivity index (χ0v) is 15.8. The first-order valence-electron chi connectivity index (χ1n) is 9.61. The minimum Gasteiger partial charge on any atom is -0.507 e. The third kappa shape index (κ3) is 3.26. The predicted molar refractivity (Wildman–Crippen MR) is 111 cm³/mol. The first-order valence-corrected chi connectivity index (χ1v) is 9.61. The number of rotatable bonds is 4. The van der Waals surface area contributed by atoms with Gasteiger partial charge in [-0.3, -0.25) is 4.79 Å². The summed E-state index contributed by atoms with van der Waals surface area (Å²) >= 11 is 0. The molecule has 2 fully saturated rings. The lowest BCUT2D eigenvalue weighted by Gasteiger charge is -2.31. The number of benzene rings is 1. The highest BCUT2D eigenvalue weighted by molar-refractivity contribution is 5.87. The molecule has 2 heterocycles. The van der Waals surface area contributed by atoms with Crippen molar-refractivity contribution in [2.45, 2.75) is 18.8 Å². The third-order valence-corrected chi connectivity index (χ3v) is 6.04. The van der Waals surface area contributed by atoms with Crippen molar-refractivity contribution in [3.63, 3.8) is 0 Å². The number of amides is 1. The molecule has 1 saturated carbocycles. The summed E-state index contributed by atoms with van der Waals surface area (Å²) in [4.78, 5) is 17.2. The Bertz CT molecular complexity index is 946. The van der Waals surface area contributed by atoms with Gasteiger partial charge in [0, 0.05) is 41.5 Å². The molecule has 0 spiro atoms. The number of nitrogens with two attached hydrogens (primary N) is 2. The largest absolute Gasteiger partial charge is 0.507 e. The van der Waals surface area contributed by atoms with Crippen molar-refractivity contribution in [2.75, 3.05) is 18.8 Å². The van der Waals surface area contributed by atoms with Gasteiger partial charge in [0.25, 0.3) is 0 Å². The highest BCUT2D eigenvalue weighted by Crippen LogP contribution is 2.47. The number of hydrogen-bond donors (Lipinski definition) is 4. The summed E-state index contributed by atoms with van der Waals surface area (Å²) in [5, 5.41) is 10.00. The number of likely N-dealkylation sites (tertiary alicyclic amines) is 1. The van der Waals surface area contributed by atoms with Gasteiger partial charge in [0.1, 0.15) is 11.6 Å². The normalized spacial score (nSPS) is 24.4. The molecule has 6 N–H and O–H groups in total. The zero-order chi connectivity index (χ0) is 19.8. The van der Waals surface area contributed by atoms with Gasteiger partial charge in [-0.25, -0.2) is 0 Å². The van der Waals surface area contributed by atoms with Gasteiger partial charge >= 0.3 is 0 Å². The summed E-state index contributed by atoms with van der Waals surface area (Å²) in [6.07, 6.45) is 5.37. The highest BCUT2D eigenvalue weighted by atomic mass is 16.3. The van der Waals surface area contributed by atoms with Crippen molar-refractivity contribution >= 4 is 23.5 Å². The van der Waals surface area contributed by atoms with Crippen molar-refractivity contribution in [3.05, 3.63) is 59.8 Å². The lowest BCUT2D eigenvalue weighted by molar-refractivity contribution is -0.128. The van der Waals surface area contributed by atoms with Crippen LogP contribution in [0.4, 0.5) is 5.82 Å². The van der Waals surface area contributed by atoms with Crippen LogP contribution in [0, 0.1) is 11.8 Å². The van der Waals surface area contributed by atoms with Gasteiger partial charge in [0.05, 0.1) is 0 Å². The van der Waals surface area contributed by atoms with Crippen LogP contribution in [0.1, 0.15) is 35.6 Å². The number of anilines is 1. The SMILES string of the molecule is C=CC(=O)N1CC2C[C@H](CC2c2cc(/C=C(\N)c3ccccc3O)c(N)[nH]2)C1. The maximum absolute atomic E-state index is 12.0. The van der Waals surface area contributed by atoms with Crippen LogP contribution in [0.25, 0.3) is 11.8 Å². The molecule has 1 aliphatic carbocycles. The molecule has 6 heteroatoms. The van der Waals surface area contributed by atoms with E-state index in [0.717, 1.165) is 37.2 Å². The van der Waals surface area contributed by atoms with Crippen LogP contribution in [0.5, 0.6) is 5.75 Å². The van der Waals surface area contributed by atoms with Crippen LogP contribution in [-0.4, -0.2) is 34.0 Å². The molecule has 0 radical (unpaired) electrons. The number of nitrogens with one attached hydrogen (secondary N) is 1. The second kappa shape index (κ2) is 7.11. The first-order chi connectivity index (χ1) is 13.5. The number of aromatic nitrogens is 1. The van der Waals surface area contributed by atoms with E-state index in [1.807, 2.05) is 17.0 Å². The second-order valence-electron chi connectivity index (χ2n) is 7.86. The van der Waals surface area contributed by atoms with Crippen LogP contribution in [-0.2, 0) is 4.79 Å². The quantitative estimate of drug-likeness (QED) is 0.613. The van der Waals surface area contributed by atoms with E-state index in [-0.39, 0.29) is 11.7 Å². The molecule has 146 valence electrons. The lowest BCUT2D eigenvalue weighted by Crippen LogP contribution is -2.40.